The highest BCUT2D eigenvalue weighted by Gasteiger charge is 2.61. The van der Waals surface area contributed by atoms with Crippen molar-refractivity contribution in [3.8, 4) is 0 Å². The maximum atomic E-state index is 13.2. The molecule has 1 aliphatic heterocycles. The highest BCUT2D eigenvalue weighted by molar-refractivity contribution is 5.85. The smallest absolute Gasteiger partial charge is 0.372 e. The number of anilines is 1. The Balaban J connectivity index is 0.00000220. The lowest BCUT2D eigenvalue weighted by atomic mass is 10.0. The Kier molecular flexibility index (Phi) is 5.44. The first-order chi connectivity index (χ1) is 9.23. The molecule has 0 aromatic heterocycles. The first-order valence-corrected chi connectivity index (χ1v) is 6.28. The van der Waals surface area contributed by atoms with E-state index in [1.807, 2.05) is 0 Å². The molecule has 1 saturated heterocycles. The average Bonchev–Trinajstić information content (AvgIpc) is 2.90. The predicted octanol–water partition coefficient (Wildman–Crippen LogP) is 3.91. The standard InChI is InChI=1S/C13H15F5N2.ClH/c14-12(15,13(16,17)18)11(19)9-3-5-10(6-4-9)20-7-1-2-8-20;/h3-6,11H,1-2,7-8,19H2;1H/t11-;/m1./s1. The van der Waals surface area contributed by atoms with Gasteiger partial charge in [0.2, 0.25) is 0 Å². The molecule has 2 rings (SSSR count). The molecule has 1 aromatic carbocycles. The predicted molar refractivity (Wildman–Crippen MR) is 73.1 cm³/mol. The van der Waals surface area contributed by atoms with E-state index in [0.717, 1.165) is 31.6 Å². The number of halogens is 6. The first kappa shape index (κ1) is 18.0. The molecule has 0 saturated carbocycles. The minimum Gasteiger partial charge on any atom is -0.372 e. The molecule has 2 N–H and O–H groups in total. The molecule has 0 amide bonds. The fourth-order valence-electron chi connectivity index (χ4n) is 2.25. The number of benzene rings is 1. The Hall–Kier alpha value is -1.08. The monoisotopic (exact) mass is 330 g/mol. The third-order valence-electron chi connectivity index (χ3n) is 3.49. The molecule has 1 fully saturated rings. The quantitative estimate of drug-likeness (QED) is 0.852. The molecule has 1 atom stereocenters. The van der Waals surface area contributed by atoms with Crippen LogP contribution in [-0.4, -0.2) is 25.2 Å². The highest BCUT2D eigenvalue weighted by Crippen LogP contribution is 2.43. The molecule has 0 unspecified atom stereocenters. The lowest BCUT2D eigenvalue weighted by molar-refractivity contribution is -0.291. The van der Waals surface area contributed by atoms with Crippen molar-refractivity contribution >= 4 is 18.1 Å². The van der Waals surface area contributed by atoms with Gasteiger partial charge in [0.25, 0.3) is 0 Å². The molecule has 0 bridgehead atoms. The Labute approximate surface area is 125 Å². The summed E-state index contributed by atoms with van der Waals surface area (Å²) in [5, 5.41) is 0. The molecule has 2 nitrogen and oxygen atoms in total. The number of hydrogen-bond donors (Lipinski definition) is 1. The maximum Gasteiger partial charge on any atom is 0.455 e. The summed E-state index contributed by atoms with van der Waals surface area (Å²) >= 11 is 0. The van der Waals surface area contributed by atoms with E-state index in [2.05, 4.69) is 4.90 Å². The normalized spacial score (nSPS) is 17.5. The summed E-state index contributed by atoms with van der Waals surface area (Å²) in [6, 6.07) is 3.14. The fourth-order valence-corrected chi connectivity index (χ4v) is 2.25. The van der Waals surface area contributed by atoms with E-state index < -0.39 is 18.1 Å². The van der Waals surface area contributed by atoms with Crippen LogP contribution in [0.25, 0.3) is 0 Å². The summed E-state index contributed by atoms with van der Waals surface area (Å²) < 4.78 is 63.1. The van der Waals surface area contributed by atoms with E-state index in [4.69, 9.17) is 5.73 Å². The number of hydrogen-bond acceptors (Lipinski definition) is 2. The van der Waals surface area contributed by atoms with Gasteiger partial charge in [0.15, 0.2) is 0 Å². The van der Waals surface area contributed by atoms with Crippen molar-refractivity contribution in [1.82, 2.24) is 0 Å². The number of nitrogens with zero attached hydrogens (tertiary/aromatic N) is 1. The van der Waals surface area contributed by atoms with Crippen LogP contribution in [0.1, 0.15) is 24.4 Å². The van der Waals surface area contributed by atoms with Gasteiger partial charge in [-0.3, -0.25) is 0 Å². The summed E-state index contributed by atoms with van der Waals surface area (Å²) in [6.45, 7) is 1.73. The molecule has 120 valence electrons. The summed E-state index contributed by atoms with van der Waals surface area (Å²) in [6.07, 6.45) is -3.55. The molecule has 0 spiro atoms. The zero-order valence-electron chi connectivity index (χ0n) is 11.0. The second-order valence-corrected chi connectivity index (χ2v) is 4.88. The SMILES string of the molecule is Cl.N[C@H](c1ccc(N2CCCC2)cc1)C(F)(F)C(F)(F)F. The van der Waals surface area contributed by atoms with Crippen LogP contribution in [-0.2, 0) is 0 Å². The minimum atomic E-state index is -5.65. The number of rotatable bonds is 3. The first-order valence-electron chi connectivity index (χ1n) is 6.28. The lowest BCUT2D eigenvalue weighted by Gasteiger charge is -2.26. The summed E-state index contributed by atoms with van der Waals surface area (Å²) in [7, 11) is 0. The Morgan fingerprint density at radius 3 is 1.86 bits per heavy atom. The molecule has 1 aromatic rings. The van der Waals surface area contributed by atoms with E-state index in [-0.39, 0.29) is 18.0 Å². The van der Waals surface area contributed by atoms with Gasteiger partial charge in [0.05, 0.1) is 0 Å². The molecule has 1 aliphatic rings. The van der Waals surface area contributed by atoms with Crippen molar-refractivity contribution in [2.24, 2.45) is 5.73 Å². The molecule has 0 aliphatic carbocycles. The second kappa shape index (κ2) is 6.36. The van der Waals surface area contributed by atoms with E-state index >= 15 is 0 Å². The third-order valence-corrected chi connectivity index (χ3v) is 3.49. The topological polar surface area (TPSA) is 29.3 Å². The van der Waals surface area contributed by atoms with Crippen molar-refractivity contribution in [2.45, 2.75) is 31.0 Å². The molecule has 21 heavy (non-hydrogen) atoms. The van der Waals surface area contributed by atoms with Gasteiger partial charge in [-0.1, -0.05) is 12.1 Å². The van der Waals surface area contributed by atoms with Gasteiger partial charge in [-0.2, -0.15) is 22.0 Å². The van der Waals surface area contributed by atoms with Gasteiger partial charge in [-0.05, 0) is 30.5 Å². The van der Waals surface area contributed by atoms with Crippen LogP contribution >= 0.6 is 12.4 Å². The Bertz CT molecular complexity index is 455. The largest absolute Gasteiger partial charge is 0.455 e. The van der Waals surface area contributed by atoms with Crippen LogP contribution in [0, 0.1) is 0 Å². The van der Waals surface area contributed by atoms with E-state index in [0.29, 0.717) is 0 Å². The second-order valence-electron chi connectivity index (χ2n) is 4.88. The number of nitrogens with two attached hydrogens (primary N) is 1. The van der Waals surface area contributed by atoms with Crippen LogP contribution < -0.4 is 10.6 Å². The van der Waals surface area contributed by atoms with Gasteiger partial charge in [0, 0.05) is 18.8 Å². The van der Waals surface area contributed by atoms with Gasteiger partial charge in [0.1, 0.15) is 6.04 Å². The zero-order valence-corrected chi connectivity index (χ0v) is 11.9. The van der Waals surface area contributed by atoms with Gasteiger partial charge in [-0.25, -0.2) is 0 Å². The van der Waals surface area contributed by atoms with Gasteiger partial charge >= 0.3 is 12.1 Å². The molecule has 8 heteroatoms. The van der Waals surface area contributed by atoms with E-state index in [1.165, 1.54) is 24.3 Å². The van der Waals surface area contributed by atoms with Crippen molar-refractivity contribution in [3.63, 3.8) is 0 Å². The van der Waals surface area contributed by atoms with Crippen LogP contribution in [0.4, 0.5) is 27.6 Å². The molecule has 1 heterocycles. The van der Waals surface area contributed by atoms with Crippen LogP contribution in [0.5, 0.6) is 0 Å². The van der Waals surface area contributed by atoms with Gasteiger partial charge in [-0.15, -0.1) is 12.4 Å². The summed E-state index contributed by atoms with van der Waals surface area (Å²) in [5.41, 5.74) is 5.67. The fraction of sp³-hybridized carbons (Fsp3) is 0.538. The van der Waals surface area contributed by atoms with Crippen LogP contribution in [0.2, 0.25) is 0 Å². The third kappa shape index (κ3) is 3.58. The summed E-state index contributed by atoms with van der Waals surface area (Å²) in [4.78, 5) is 2.05. The van der Waals surface area contributed by atoms with Crippen molar-refractivity contribution in [1.29, 1.82) is 0 Å². The van der Waals surface area contributed by atoms with Crippen molar-refractivity contribution < 1.29 is 22.0 Å². The molecule has 0 radical (unpaired) electrons. The van der Waals surface area contributed by atoms with Crippen molar-refractivity contribution in [3.05, 3.63) is 29.8 Å². The van der Waals surface area contributed by atoms with E-state index in [9.17, 15) is 22.0 Å². The summed E-state index contributed by atoms with van der Waals surface area (Å²) in [5.74, 6) is -4.94. The maximum absolute atomic E-state index is 13.2. The van der Waals surface area contributed by atoms with Crippen molar-refractivity contribution in [2.75, 3.05) is 18.0 Å². The molecular weight excluding hydrogens is 315 g/mol. The average molecular weight is 331 g/mol. The van der Waals surface area contributed by atoms with Crippen LogP contribution in [0.3, 0.4) is 0 Å². The Morgan fingerprint density at radius 2 is 1.43 bits per heavy atom. The zero-order chi connectivity index (χ0) is 15.0. The Morgan fingerprint density at radius 1 is 0.952 bits per heavy atom. The lowest BCUT2D eigenvalue weighted by Crippen LogP contribution is -2.45. The van der Waals surface area contributed by atoms with E-state index in [1.54, 1.807) is 0 Å². The van der Waals surface area contributed by atoms with Crippen LogP contribution in [0.15, 0.2) is 24.3 Å². The minimum absolute atomic E-state index is 0. The number of alkyl halides is 5. The highest BCUT2D eigenvalue weighted by atomic mass is 35.5. The molecular formula is C13H16ClF5N2. The van der Waals surface area contributed by atoms with Gasteiger partial charge < -0.3 is 10.6 Å².